The summed E-state index contributed by atoms with van der Waals surface area (Å²) in [4.78, 5) is 0. The molecule has 1 aliphatic rings. The molecule has 0 saturated heterocycles. The molecule has 0 spiro atoms. The maximum atomic E-state index is 3.23. The van der Waals surface area contributed by atoms with Gasteiger partial charge in [0.2, 0.25) is 0 Å². The van der Waals surface area contributed by atoms with Crippen molar-refractivity contribution in [1.29, 1.82) is 0 Å². The number of aryl methyl sites for hydroxylation is 1. The minimum Gasteiger partial charge on any atom is -0.0619 e. The lowest BCUT2D eigenvalue weighted by molar-refractivity contribution is 0.330. The Bertz CT molecular complexity index is 301. The molecule has 2 rings (SSSR count). The molecule has 0 amide bonds. The average molecular weight is 187 g/mol. The van der Waals surface area contributed by atoms with Crippen LogP contribution < -0.4 is 0 Å². The summed E-state index contributed by atoms with van der Waals surface area (Å²) in [6.07, 6.45) is 5.62. The Morgan fingerprint density at radius 1 is 1.29 bits per heavy atom. The van der Waals surface area contributed by atoms with Crippen LogP contribution in [-0.4, -0.2) is 0 Å². The fourth-order valence-corrected chi connectivity index (χ4v) is 2.65. The van der Waals surface area contributed by atoms with Crippen molar-refractivity contribution in [2.24, 2.45) is 5.92 Å². The molecule has 75 valence electrons. The Balaban J connectivity index is 2.20. The minimum absolute atomic E-state index is 0.803. The third-order valence-electron chi connectivity index (χ3n) is 3.51. The molecule has 0 aromatic heterocycles. The summed E-state index contributed by atoms with van der Waals surface area (Å²) in [5, 5.41) is 0. The van der Waals surface area contributed by atoms with E-state index in [1.165, 1.54) is 36.8 Å². The van der Waals surface area contributed by atoms with Crippen LogP contribution in [0.1, 0.15) is 49.7 Å². The van der Waals surface area contributed by atoms with Gasteiger partial charge in [-0.2, -0.15) is 0 Å². The molecule has 2 atom stereocenters. The van der Waals surface area contributed by atoms with Gasteiger partial charge in [-0.25, -0.2) is 0 Å². The third kappa shape index (κ3) is 2.00. The highest BCUT2D eigenvalue weighted by Gasteiger charge is 2.22. The first-order chi connectivity index (χ1) is 6.77. The van der Waals surface area contributed by atoms with Crippen molar-refractivity contribution in [2.75, 3.05) is 0 Å². The molecule has 0 heteroatoms. The van der Waals surface area contributed by atoms with Gasteiger partial charge in [0, 0.05) is 0 Å². The van der Waals surface area contributed by atoms with E-state index in [1.54, 1.807) is 0 Å². The normalized spacial score (nSPS) is 27.6. The van der Waals surface area contributed by atoms with E-state index in [-0.39, 0.29) is 0 Å². The van der Waals surface area contributed by atoms with E-state index in [9.17, 15) is 0 Å². The molecule has 0 nitrogen and oxygen atoms in total. The molecule has 1 radical (unpaired) electrons. The number of hydrogen-bond acceptors (Lipinski definition) is 0. The molecular weight excluding hydrogens is 168 g/mol. The van der Waals surface area contributed by atoms with Crippen molar-refractivity contribution in [3.05, 3.63) is 35.4 Å². The summed E-state index contributed by atoms with van der Waals surface area (Å²) in [5.41, 5.74) is 2.81. The predicted molar refractivity (Wildman–Crippen MR) is 60.4 cm³/mol. The second-order valence-electron chi connectivity index (χ2n) is 4.67. The van der Waals surface area contributed by atoms with E-state index in [0.717, 1.165) is 11.8 Å². The Morgan fingerprint density at radius 3 is 2.79 bits per heavy atom. The van der Waals surface area contributed by atoms with Gasteiger partial charge >= 0.3 is 0 Å². The van der Waals surface area contributed by atoms with Crippen LogP contribution in [0.25, 0.3) is 0 Å². The summed E-state index contributed by atoms with van der Waals surface area (Å²) in [5.74, 6) is 1.67. The summed E-state index contributed by atoms with van der Waals surface area (Å²) >= 11 is 0. The molecule has 1 aromatic rings. The highest BCUT2D eigenvalue weighted by atomic mass is 14.3. The Labute approximate surface area is 87.3 Å². The first-order valence-electron chi connectivity index (χ1n) is 5.75. The van der Waals surface area contributed by atoms with Crippen LogP contribution in [0, 0.1) is 18.9 Å². The predicted octanol–water partition coefficient (Wildman–Crippen LogP) is 4.09. The van der Waals surface area contributed by atoms with Gasteiger partial charge in [-0.05, 0) is 42.4 Å². The zero-order chi connectivity index (χ0) is 9.97. The third-order valence-corrected chi connectivity index (χ3v) is 3.51. The van der Waals surface area contributed by atoms with Gasteiger partial charge in [0.1, 0.15) is 0 Å². The van der Waals surface area contributed by atoms with Crippen LogP contribution in [0.15, 0.2) is 18.2 Å². The maximum absolute atomic E-state index is 3.23. The molecule has 0 aliphatic heterocycles. The molecule has 1 aromatic carbocycles. The van der Waals surface area contributed by atoms with Crippen LogP contribution >= 0.6 is 0 Å². The smallest absolute Gasteiger partial charge is 0.0136 e. The highest BCUT2D eigenvalue weighted by molar-refractivity contribution is 5.25. The van der Waals surface area contributed by atoms with E-state index in [2.05, 4.69) is 38.1 Å². The van der Waals surface area contributed by atoms with Crippen molar-refractivity contribution in [2.45, 2.75) is 45.4 Å². The lowest BCUT2D eigenvalue weighted by Gasteiger charge is -2.29. The fourth-order valence-electron chi connectivity index (χ4n) is 2.65. The molecule has 1 saturated carbocycles. The summed E-state index contributed by atoms with van der Waals surface area (Å²) in [7, 11) is 0. The van der Waals surface area contributed by atoms with Gasteiger partial charge < -0.3 is 0 Å². The van der Waals surface area contributed by atoms with Gasteiger partial charge in [-0.1, -0.05) is 44.4 Å². The van der Waals surface area contributed by atoms with Gasteiger partial charge in [0.05, 0.1) is 0 Å². The Morgan fingerprint density at radius 2 is 2.07 bits per heavy atom. The number of rotatable bonds is 1. The lowest BCUT2D eigenvalue weighted by atomic mass is 9.76. The quantitative estimate of drug-likeness (QED) is 0.621. The molecule has 0 bridgehead atoms. The molecule has 14 heavy (non-hydrogen) atoms. The SMILES string of the molecule is Cc1[c]ccc(C2CCCCC2C)c1. The first-order valence-corrected chi connectivity index (χ1v) is 5.75. The standard InChI is InChI=1S/C14H19/c1-11-6-5-8-13(10-11)14-9-4-3-7-12(14)2/h5,8,10,12,14H,3-4,7,9H2,1-2H3. The largest absolute Gasteiger partial charge is 0.0619 e. The van der Waals surface area contributed by atoms with E-state index in [1.807, 2.05) is 0 Å². The van der Waals surface area contributed by atoms with E-state index >= 15 is 0 Å². The van der Waals surface area contributed by atoms with Crippen LogP contribution in [0.2, 0.25) is 0 Å². The number of hydrogen-bond donors (Lipinski definition) is 0. The molecular formula is C14H19. The van der Waals surface area contributed by atoms with Crippen molar-refractivity contribution in [3.8, 4) is 0 Å². The molecule has 1 aliphatic carbocycles. The van der Waals surface area contributed by atoms with Crippen LogP contribution in [-0.2, 0) is 0 Å². The molecule has 0 heterocycles. The van der Waals surface area contributed by atoms with Crippen LogP contribution in [0.3, 0.4) is 0 Å². The fraction of sp³-hybridized carbons (Fsp3) is 0.571. The summed E-state index contributed by atoms with van der Waals surface area (Å²) in [6.45, 7) is 4.53. The highest BCUT2D eigenvalue weighted by Crippen LogP contribution is 2.37. The second-order valence-corrected chi connectivity index (χ2v) is 4.67. The average Bonchev–Trinajstić information content (AvgIpc) is 2.18. The van der Waals surface area contributed by atoms with Gasteiger partial charge in [-0.15, -0.1) is 0 Å². The van der Waals surface area contributed by atoms with Crippen molar-refractivity contribution in [1.82, 2.24) is 0 Å². The summed E-state index contributed by atoms with van der Waals surface area (Å²) in [6, 6.07) is 9.86. The Kier molecular flexibility index (Phi) is 2.90. The lowest BCUT2D eigenvalue weighted by Crippen LogP contribution is -2.14. The van der Waals surface area contributed by atoms with Gasteiger partial charge in [0.15, 0.2) is 0 Å². The van der Waals surface area contributed by atoms with Gasteiger partial charge in [0.25, 0.3) is 0 Å². The molecule has 1 fully saturated rings. The first kappa shape index (κ1) is 9.76. The molecule has 0 N–H and O–H groups in total. The van der Waals surface area contributed by atoms with Crippen molar-refractivity contribution in [3.63, 3.8) is 0 Å². The molecule has 2 unspecified atom stereocenters. The number of benzene rings is 1. The topological polar surface area (TPSA) is 0 Å². The van der Waals surface area contributed by atoms with Crippen LogP contribution in [0.4, 0.5) is 0 Å². The van der Waals surface area contributed by atoms with Gasteiger partial charge in [-0.3, -0.25) is 0 Å². The van der Waals surface area contributed by atoms with Crippen LogP contribution in [0.5, 0.6) is 0 Å². The zero-order valence-corrected chi connectivity index (χ0v) is 9.22. The Hall–Kier alpha value is -0.780. The zero-order valence-electron chi connectivity index (χ0n) is 9.22. The maximum Gasteiger partial charge on any atom is -0.0136 e. The van der Waals surface area contributed by atoms with E-state index in [4.69, 9.17) is 0 Å². The minimum atomic E-state index is 0.803. The summed E-state index contributed by atoms with van der Waals surface area (Å²) < 4.78 is 0. The van der Waals surface area contributed by atoms with E-state index < -0.39 is 0 Å². The second kappa shape index (κ2) is 4.16. The van der Waals surface area contributed by atoms with E-state index in [0.29, 0.717) is 0 Å². The monoisotopic (exact) mass is 187 g/mol. The van der Waals surface area contributed by atoms with Crippen molar-refractivity contribution >= 4 is 0 Å². The van der Waals surface area contributed by atoms with Crippen molar-refractivity contribution < 1.29 is 0 Å².